The number of ether oxygens (including phenoxy) is 1. The summed E-state index contributed by atoms with van der Waals surface area (Å²) in [5, 5.41) is 0. The van der Waals surface area contributed by atoms with Crippen LogP contribution in [0.2, 0.25) is 0 Å². The van der Waals surface area contributed by atoms with Crippen molar-refractivity contribution in [3.8, 4) is 0 Å². The average Bonchev–Trinajstić information content (AvgIpc) is 2.36. The standard InChI is InChI=1S/C15H12BrFO2/c1-10-5-6-13(14(17)7-10)15(18)19-9-11-3-2-4-12(16)8-11/h2-8H,9H2,1H3. The first-order valence-electron chi connectivity index (χ1n) is 5.74. The van der Waals surface area contributed by atoms with E-state index in [9.17, 15) is 9.18 Å². The largest absolute Gasteiger partial charge is 0.457 e. The molecule has 98 valence electrons. The van der Waals surface area contributed by atoms with Gasteiger partial charge in [0.1, 0.15) is 12.4 Å². The molecule has 19 heavy (non-hydrogen) atoms. The Morgan fingerprint density at radius 1 is 1.26 bits per heavy atom. The third-order valence-corrected chi connectivity index (χ3v) is 3.10. The van der Waals surface area contributed by atoms with Gasteiger partial charge in [0, 0.05) is 4.47 Å². The molecule has 0 atom stereocenters. The first-order chi connectivity index (χ1) is 9.06. The summed E-state index contributed by atoms with van der Waals surface area (Å²) in [6, 6.07) is 11.8. The van der Waals surface area contributed by atoms with E-state index < -0.39 is 11.8 Å². The van der Waals surface area contributed by atoms with Gasteiger partial charge in [0.15, 0.2) is 0 Å². The molecule has 0 aliphatic carbocycles. The number of hydrogen-bond acceptors (Lipinski definition) is 2. The van der Waals surface area contributed by atoms with Crippen molar-refractivity contribution < 1.29 is 13.9 Å². The maximum atomic E-state index is 13.6. The number of halogens is 2. The Balaban J connectivity index is 2.05. The van der Waals surface area contributed by atoms with E-state index in [0.29, 0.717) is 0 Å². The number of benzene rings is 2. The SMILES string of the molecule is Cc1ccc(C(=O)OCc2cccc(Br)c2)c(F)c1. The Morgan fingerprint density at radius 3 is 2.74 bits per heavy atom. The van der Waals surface area contributed by atoms with E-state index in [2.05, 4.69) is 15.9 Å². The van der Waals surface area contributed by atoms with E-state index >= 15 is 0 Å². The van der Waals surface area contributed by atoms with Crippen molar-refractivity contribution in [1.29, 1.82) is 0 Å². The van der Waals surface area contributed by atoms with E-state index in [1.165, 1.54) is 12.1 Å². The summed E-state index contributed by atoms with van der Waals surface area (Å²) in [6.07, 6.45) is 0. The summed E-state index contributed by atoms with van der Waals surface area (Å²) in [5.41, 5.74) is 1.57. The number of carbonyl (C=O) groups excluding carboxylic acids is 1. The van der Waals surface area contributed by atoms with Crippen LogP contribution < -0.4 is 0 Å². The first kappa shape index (κ1) is 13.7. The van der Waals surface area contributed by atoms with E-state index in [0.717, 1.165) is 15.6 Å². The Hall–Kier alpha value is -1.68. The molecule has 0 fully saturated rings. The minimum Gasteiger partial charge on any atom is -0.457 e. The summed E-state index contributed by atoms with van der Waals surface area (Å²) >= 11 is 3.33. The number of esters is 1. The number of hydrogen-bond donors (Lipinski definition) is 0. The minimum absolute atomic E-state index is 0.0411. The van der Waals surface area contributed by atoms with E-state index in [1.54, 1.807) is 13.0 Å². The van der Waals surface area contributed by atoms with Crippen LogP contribution in [0.4, 0.5) is 4.39 Å². The smallest absolute Gasteiger partial charge is 0.341 e. The van der Waals surface area contributed by atoms with Crippen molar-refractivity contribution in [2.75, 3.05) is 0 Å². The maximum absolute atomic E-state index is 13.6. The zero-order chi connectivity index (χ0) is 13.8. The Bertz CT molecular complexity index is 611. The molecule has 2 nitrogen and oxygen atoms in total. The minimum atomic E-state index is -0.655. The summed E-state index contributed by atoms with van der Waals surface area (Å²) in [6.45, 7) is 1.88. The van der Waals surface area contributed by atoms with E-state index in [1.807, 2.05) is 24.3 Å². The highest BCUT2D eigenvalue weighted by Gasteiger charge is 2.13. The lowest BCUT2D eigenvalue weighted by Gasteiger charge is -2.06. The van der Waals surface area contributed by atoms with Gasteiger partial charge >= 0.3 is 5.97 Å². The second-order valence-electron chi connectivity index (χ2n) is 4.19. The molecule has 0 spiro atoms. The maximum Gasteiger partial charge on any atom is 0.341 e. The van der Waals surface area contributed by atoms with Gasteiger partial charge in [-0.25, -0.2) is 9.18 Å². The van der Waals surface area contributed by atoms with Crippen LogP contribution >= 0.6 is 15.9 Å². The predicted octanol–water partition coefficient (Wildman–Crippen LogP) is 4.25. The summed E-state index contributed by atoms with van der Waals surface area (Å²) in [5.74, 6) is -1.21. The highest BCUT2D eigenvalue weighted by molar-refractivity contribution is 9.10. The van der Waals surface area contributed by atoms with Crippen molar-refractivity contribution in [2.45, 2.75) is 13.5 Å². The lowest BCUT2D eigenvalue weighted by molar-refractivity contribution is 0.0467. The molecule has 0 aliphatic heterocycles. The molecule has 0 bridgehead atoms. The van der Waals surface area contributed by atoms with Crippen LogP contribution in [0.3, 0.4) is 0 Å². The van der Waals surface area contributed by atoms with Gasteiger partial charge < -0.3 is 4.74 Å². The monoisotopic (exact) mass is 322 g/mol. The second kappa shape index (κ2) is 5.97. The molecule has 0 amide bonds. The fraction of sp³-hybridized carbons (Fsp3) is 0.133. The van der Waals surface area contributed by atoms with Crippen molar-refractivity contribution in [2.24, 2.45) is 0 Å². The molecule has 2 aromatic carbocycles. The summed E-state index contributed by atoms with van der Waals surface area (Å²) in [4.78, 5) is 11.8. The molecule has 2 rings (SSSR count). The van der Waals surface area contributed by atoms with Gasteiger partial charge in [-0.15, -0.1) is 0 Å². The molecule has 0 heterocycles. The number of aryl methyl sites for hydroxylation is 1. The van der Waals surface area contributed by atoms with Gasteiger partial charge in [0.05, 0.1) is 5.56 Å². The van der Waals surface area contributed by atoms with Crippen LogP contribution in [0.1, 0.15) is 21.5 Å². The molecule has 0 radical (unpaired) electrons. The van der Waals surface area contributed by atoms with Gasteiger partial charge in [-0.2, -0.15) is 0 Å². The normalized spacial score (nSPS) is 10.3. The molecular weight excluding hydrogens is 311 g/mol. The fourth-order valence-corrected chi connectivity index (χ4v) is 2.09. The van der Waals surface area contributed by atoms with Gasteiger partial charge in [-0.3, -0.25) is 0 Å². The van der Waals surface area contributed by atoms with Crippen molar-refractivity contribution in [3.63, 3.8) is 0 Å². The quantitative estimate of drug-likeness (QED) is 0.789. The van der Waals surface area contributed by atoms with Crippen LogP contribution in [0.5, 0.6) is 0 Å². The molecule has 0 N–H and O–H groups in total. The summed E-state index contributed by atoms with van der Waals surface area (Å²) < 4.78 is 19.6. The molecular formula is C15H12BrFO2. The fourth-order valence-electron chi connectivity index (χ4n) is 1.64. The van der Waals surface area contributed by atoms with Gasteiger partial charge in [-0.1, -0.05) is 34.1 Å². The second-order valence-corrected chi connectivity index (χ2v) is 5.11. The van der Waals surface area contributed by atoms with E-state index in [4.69, 9.17) is 4.74 Å². The van der Waals surface area contributed by atoms with Crippen LogP contribution in [0.25, 0.3) is 0 Å². The van der Waals surface area contributed by atoms with Crippen molar-refractivity contribution >= 4 is 21.9 Å². The highest BCUT2D eigenvalue weighted by Crippen LogP contribution is 2.15. The molecule has 0 aliphatic rings. The summed E-state index contributed by atoms with van der Waals surface area (Å²) in [7, 11) is 0. The van der Waals surface area contributed by atoms with Crippen LogP contribution in [-0.2, 0) is 11.3 Å². The Kier molecular flexibility index (Phi) is 4.32. The zero-order valence-corrected chi connectivity index (χ0v) is 11.9. The molecule has 0 saturated carbocycles. The molecule has 0 unspecified atom stereocenters. The number of rotatable bonds is 3. The van der Waals surface area contributed by atoms with Gasteiger partial charge in [0.2, 0.25) is 0 Å². The number of carbonyl (C=O) groups is 1. The van der Waals surface area contributed by atoms with Crippen LogP contribution in [0, 0.1) is 12.7 Å². The van der Waals surface area contributed by atoms with E-state index in [-0.39, 0.29) is 12.2 Å². The lowest BCUT2D eigenvalue weighted by Crippen LogP contribution is -2.07. The average molecular weight is 323 g/mol. The van der Waals surface area contributed by atoms with Crippen LogP contribution in [-0.4, -0.2) is 5.97 Å². The van der Waals surface area contributed by atoms with Crippen LogP contribution in [0.15, 0.2) is 46.9 Å². The lowest BCUT2D eigenvalue weighted by atomic mass is 10.1. The van der Waals surface area contributed by atoms with Crippen molar-refractivity contribution in [3.05, 3.63) is 69.4 Å². The molecule has 4 heteroatoms. The van der Waals surface area contributed by atoms with Crippen molar-refractivity contribution in [1.82, 2.24) is 0 Å². The molecule has 0 saturated heterocycles. The van der Waals surface area contributed by atoms with Gasteiger partial charge in [-0.05, 0) is 42.3 Å². The Morgan fingerprint density at radius 2 is 2.05 bits per heavy atom. The third-order valence-electron chi connectivity index (χ3n) is 2.60. The predicted molar refractivity (Wildman–Crippen MR) is 74.4 cm³/mol. The highest BCUT2D eigenvalue weighted by atomic mass is 79.9. The first-order valence-corrected chi connectivity index (χ1v) is 6.53. The third kappa shape index (κ3) is 3.64. The van der Waals surface area contributed by atoms with Gasteiger partial charge in [0.25, 0.3) is 0 Å². The Labute approximate surface area is 119 Å². The molecule has 2 aromatic rings. The molecule has 0 aromatic heterocycles. The topological polar surface area (TPSA) is 26.3 Å². The zero-order valence-electron chi connectivity index (χ0n) is 10.3.